The van der Waals surface area contributed by atoms with Crippen molar-refractivity contribution in [1.82, 2.24) is 0 Å². The second-order valence-corrected chi connectivity index (χ2v) is 17.0. The number of hydrogen-bond acceptors (Lipinski definition) is 4. The molecule has 0 spiro atoms. The van der Waals surface area contributed by atoms with Crippen molar-refractivity contribution in [3.63, 3.8) is 0 Å². The van der Waals surface area contributed by atoms with Crippen LogP contribution in [0.2, 0.25) is 0 Å². The summed E-state index contributed by atoms with van der Waals surface area (Å²) >= 11 is 0. The van der Waals surface area contributed by atoms with Gasteiger partial charge in [0.05, 0.1) is 13.2 Å². The molecule has 0 aromatic heterocycles. The molecular weight excluding hydrogens is 744 g/mol. The Kier molecular flexibility index (Phi) is 9.50. The van der Waals surface area contributed by atoms with Crippen molar-refractivity contribution >= 4 is 66.9 Å². The Balaban J connectivity index is 1.11. The smallest absolute Gasteiger partial charge is 0.129 e. The number of benzene rings is 10. The minimum atomic E-state index is -1.02. The number of hydrogen-bond donors (Lipinski definition) is 3. The van der Waals surface area contributed by atoms with E-state index in [4.69, 9.17) is 4.74 Å². The van der Waals surface area contributed by atoms with Gasteiger partial charge in [0.1, 0.15) is 17.2 Å². The van der Waals surface area contributed by atoms with Crippen molar-refractivity contribution in [3.8, 4) is 39.5 Å². The standard InChI is InChI=1S/C54H39O4P/c55-47-29-27-35-15-7-11-23-43(35)49(47)51-45-25-13-9-17-37(45)31-39(53(51)56)33-58-34-40-32-38-18-10-14-26-46(38)52(54(40)57)50-44-24-12-8-16-36(44)28-30-48(50)59(41-19-3-1-4-20-41)42-21-5-2-6-22-42/h1-32,55-57H,33-34H2. The first kappa shape index (κ1) is 36.4. The van der Waals surface area contributed by atoms with Gasteiger partial charge < -0.3 is 20.1 Å². The third kappa shape index (κ3) is 6.53. The normalized spacial score (nSPS) is 11.6. The lowest BCUT2D eigenvalue weighted by atomic mass is 9.90. The van der Waals surface area contributed by atoms with Crippen LogP contribution in [0.4, 0.5) is 0 Å². The zero-order valence-corrected chi connectivity index (χ0v) is 33.0. The summed E-state index contributed by atoms with van der Waals surface area (Å²) in [5.74, 6) is 0.308. The summed E-state index contributed by atoms with van der Waals surface area (Å²) < 4.78 is 6.49. The highest BCUT2D eigenvalue weighted by Gasteiger charge is 2.26. The Hall–Kier alpha value is -6.97. The Morgan fingerprint density at radius 1 is 0.356 bits per heavy atom. The minimum Gasteiger partial charge on any atom is -0.507 e. The Morgan fingerprint density at radius 2 is 0.746 bits per heavy atom. The molecule has 5 heteroatoms. The lowest BCUT2D eigenvalue weighted by Gasteiger charge is -2.25. The number of phenolic OH excluding ortho intramolecular Hbond substituents is 3. The van der Waals surface area contributed by atoms with Gasteiger partial charge in [0.2, 0.25) is 0 Å². The van der Waals surface area contributed by atoms with Gasteiger partial charge in [0.25, 0.3) is 0 Å². The van der Waals surface area contributed by atoms with E-state index in [9.17, 15) is 15.3 Å². The first-order valence-corrected chi connectivity index (χ1v) is 21.1. The molecule has 0 atom stereocenters. The van der Waals surface area contributed by atoms with Gasteiger partial charge in [-0.25, -0.2) is 0 Å². The summed E-state index contributed by atoms with van der Waals surface area (Å²) in [5, 5.41) is 47.2. The van der Waals surface area contributed by atoms with E-state index in [-0.39, 0.29) is 30.5 Å². The molecule has 10 aromatic rings. The molecule has 4 nitrogen and oxygen atoms in total. The van der Waals surface area contributed by atoms with Crippen LogP contribution in [-0.4, -0.2) is 15.3 Å². The SMILES string of the molecule is Oc1ccc2ccccc2c1-c1c(O)c(COCc2cc3ccccc3c(-c3c(P(c4ccccc4)c4ccccc4)ccc4ccccc34)c2O)cc2ccccc12. The van der Waals surface area contributed by atoms with E-state index in [2.05, 4.69) is 109 Å². The second-order valence-electron chi connectivity index (χ2n) is 14.8. The Labute approximate surface area is 343 Å². The average molecular weight is 783 g/mol. The van der Waals surface area contributed by atoms with Gasteiger partial charge in [-0.1, -0.05) is 176 Å². The molecule has 0 radical (unpaired) electrons. The van der Waals surface area contributed by atoms with Gasteiger partial charge in [-0.3, -0.25) is 0 Å². The van der Waals surface area contributed by atoms with Crippen molar-refractivity contribution in [1.29, 1.82) is 0 Å². The predicted octanol–water partition coefficient (Wildman–Crippen LogP) is 12.2. The van der Waals surface area contributed by atoms with Crippen LogP contribution in [0.3, 0.4) is 0 Å². The van der Waals surface area contributed by atoms with Crippen LogP contribution in [0.5, 0.6) is 17.2 Å². The molecule has 0 amide bonds. The number of rotatable bonds is 9. The Morgan fingerprint density at radius 3 is 1.25 bits per heavy atom. The fourth-order valence-electron chi connectivity index (χ4n) is 8.60. The largest absolute Gasteiger partial charge is 0.507 e. The maximum Gasteiger partial charge on any atom is 0.129 e. The molecule has 0 saturated heterocycles. The molecule has 3 N–H and O–H groups in total. The Bertz CT molecular complexity index is 3140. The predicted molar refractivity (Wildman–Crippen MR) is 246 cm³/mol. The quantitative estimate of drug-likeness (QED) is 0.128. The van der Waals surface area contributed by atoms with Crippen LogP contribution in [0.15, 0.2) is 194 Å². The second kappa shape index (κ2) is 15.4. The van der Waals surface area contributed by atoms with Crippen molar-refractivity contribution in [2.75, 3.05) is 0 Å². The third-order valence-corrected chi connectivity index (χ3v) is 13.8. The van der Waals surface area contributed by atoms with Gasteiger partial charge in [-0.15, -0.1) is 0 Å². The van der Waals surface area contributed by atoms with Gasteiger partial charge >= 0.3 is 0 Å². The van der Waals surface area contributed by atoms with Gasteiger partial charge in [0, 0.05) is 33.4 Å². The molecule has 0 saturated carbocycles. The monoisotopic (exact) mass is 782 g/mol. The van der Waals surface area contributed by atoms with Crippen LogP contribution < -0.4 is 15.9 Å². The van der Waals surface area contributed by atoms with Gasteiger partial charge in [-0.05, 0) is 85.1 Å². The van der Waals surface area contributed by atoms with Crippen LogP contribution in [-0.2, 0) is 18.0 Å². The molecule has 284 valence electrons. The molecule has 10 rings (SSSR count). The molecule has 10 aromatic carbocycles. The fraction of sp³-hybridized carbons (Fsp3) is 0.0370. The van der Waals surface area contributed by atoms with Crippen LogP contribution in [0, 0.1) is 0 Å². The van der Waals surface area contributed by atoms with Crippen molar-refractivity contribution in [3.05, 3.63) is 205 Å². The van der Waals surface area contributed by atoms with Crippen molar-refractivity contribution in [2.24, 2.45) is 0 Å². The van der Waals surface area contributed by atoms with E-state index in [1.54, 1.807) is 6.07 Å². The summed E-state index contributed by atoms with van der Waals surface area (Å²) in [6.07, 6.45) is 0. The van der Waals surface area contributed by atoms with E-state index < -0.39 is 7.92 Å². The van der Waals surface area contributed by atoms with E-state index in [0.29, 0.717) is 22.3 Å². The van der Waals surface area contributed by atoms with Crippen LogP contribution in [0.1, 0.15) is 11.1 Å². The molecule has 0 aliphatic rings. The van der Waals surface area contributed by atoms with Crippen LogP contribution >= 0.6 is 7.92 Å². The number of aromatic hydroxyl groups is 3. The van der Waals surface area contributed by atoms with Gasteiger partial charge in [0.15, 0.2) is 0 Å². The summed E-state index contributed by atoms with van der Waals surface area (Å²) in [5.41, 5.74) is 4.14. The van der Waals surface area contributed by atoms with Crippen molar-refractivity contribution in [2.45, 2.75) is 13.2 Å². The highest BCUT2D eigenvalue weighted by molar-refractivity contribution is 7.80. The van der Waals surface area contributed by atoms with E-state index in [1.165, 1.54) is 10.6 Å². The minimum absolute atomic E-state index is 0.0503. The molecule has 0 aliphatic carbocycles. The summed E-state index contributed by atoms with van der Waals surface area (Å²) in [6.45, 7) is 0.167. The van der Waals surface area contributed by atoms with E-state index >= 15 is 0 Å². The molecule has 0 fully saturated rings. The molecule has 0 unspecified atom stereocenters. The summed E-state index contributed by atoms with van der Waals surface area (Å²) in [4.78, 5) is 0. The first-order valence-electron chi connectivity index (χ1n) is 19.7. The first-order chi connectivity index (χ1) is 29.0. The highest BCUT2D eigenvalue weighted by Crippen LogP contribution is 2.48. The maximum absolute atomic E-state index is 12.6. The third-order valence-electron chi connectivity index (χ3n) is 11.3. The number of fused-ring (bicyclic) bond motifs is 4. The van der Waals surface area contributed by atoms with E-state index in [0.717, 1.165) is 59.5 Å². The molecule has 0 bridgehead atoms. The molecule has 59 heavy (non-hydrogen) atoms. The molecular formula is C54H39O4P. The van der Waals surface area contributed by atoms with Crippen LogP contribution in [0.25, 0.3) is 65.3 Å². The average Bonchev–Trinajstić information content (AvgIpc) is 3.28. The molecule has 0 heterocycles. The zero-order chi connectivity index (χ0) is 39.9. The highest BCUT2D eigenvalue weighted by atomic mass is 31.1. The molecule has 0 aliphatic heterocycles. The number of phenols is 3. The zero-order valence-electron chi connectivity index (χ0n) is 32.1. The van der Waals surface area contributed by atoms with Crippen molar-refractivity contribution < 1.29 is 20.1 Å². The van der Waals surface area contributed by atoms with E-state index in [1.807, 2.05) is 78.9 Å². The van der Waals surface area contributed by atoms with Gasteiger partial charge in [-0.2, -0.15) is 0 Å². The maximum atomic E-state index is 12.6. The fourth-order valence-corrected chi connectivity index (χ4v) is 11.1. The summed E-state index contributed by atoms with van der Waals surface area (Å²) in [7, 11) is -1.02. The lowest BCUT2D eigenvalue weighted by Crippen LogP contribution is -2.22. The lowest BCUT2D eigenvalue weighted by molar-refractivity contribution is 0.104. The number of ether oxygens (including phenoxy) is 1. The topological polar surface area (TPSA) is 69.9 Å². The summed E-state index contributed by atoms with van der Waals surface area (Å²) in [6, 6.07) is 65.6.